The van der Waals surface area contributed by atoms with E-state index in [9.17, 15) is 0 Å². The normalized spacial score (nSPS) is 9.71. The molecular weight excluding hydrogens is 212 g/mol. The maximum Gasteiger partial charge on any atom is 0.119 e. The van der Waals surface area contributed by atoms with Gasteiger partial charge >= 0.3 is 0 Å². The van der Waals surface area contributed by atoms with Crippen molar-refractivity contribution in [1.29, 1.82) is 5.26 Å². The Balaban J connectivity index is 2.59. The van der Waals surface area contributed by atoms with Crippen molar-refractivity contribution in [1.82, 2.24) is 4.98 Å². The van der Waals surface area contributed by atoms with E-state index >= 15 is 0 Å². The Morgan fingerprint density at radius 1 is 1.29 bits per heavy atom. The molecule has 84 valence electrons. The molecule has 0 aliphatic rings. The number of hydrogen-bond acceptors (Lipinski definition) is 3. The summed E-state index contributed by atoms with van der Waals surface area (Å²) >= 11 is 0. The van der Waals surface area contributed by atoms with Crippen LogP contribution < -0.4 is 4.74 Å². The number of benzene rings is 1. The van der Waals surface area contributed by atoms with E-state index in [1.165, 1.54) is 0 Å². The highest BCUT2D eigenvalue weighted by Gasteiger charge is 2.06. The lowest BCUT2D eigenvalue weighted by atomic mass is 10.0. The number of rotatable bonds is 2. The van der Waals surface area contributed by atoms with Crippen molar-refractivity contribution in [3.05, 3.63) is 47.8 Å². The average molecular weight is 224 g/mol. The maximum absolute atomic E-state index is 9.08. The van der Waals surface area contributed by atoms with Gasteiger partial charge in [-0.15, -0.1) is 0 Å². The number of pyridine rings is 1. The van der Waals surface area contributed by atoms with Gasteiger partial charge in [0.25, 0.3) is 0 Å². The summed E-state index contributed by atoms with van der Waals surface area (Å²) in [6.07, 6.45) is 1.60. The van der Waals surface area contributed by atoms with Crippen LogP contribution in [0.2, 0.25) is 0 Å². The summed E-state index contributed by atoms with van der Waals surface area (Å²) in [7, 11) is 1.63. The minimum atomic E-state index is 0.573. The summed E-state index contributed by atoms with van der Waals surface area (Å²) in [6, 6.07) is 11.7. The number of ether oxygens (including phenoxy) is 1. The van der Waals surface area contributed by atoms with Gasteiger partial charge in [0.2, 0.25) is 0 Å². The van der Waals surface area contributed by atoms with Crippen LogP contribution in [0.3, 0.4) is 0 Å². The van der Waals surface area contributed by atoms with Crippen molar-refractivity contribution in [2.75, 3.05) is 7.11 Å². The predicted molar refractivity (Wildman–Crippen MR) is 65.7 cm³/mol. The number of nitriles is 1. The number of aryl methyl sites for hydroxylation is 1. The Hall–Kier alpha value is -2.34. The number of hydrogen-bond donors (Lipinski definition) is 0. The Kier molecular flexibility index (Phi) is 3.06. The van der Waals surface area contributed by atoms with E-state index in [0.717, 1.165) is 22.6 Å². The topological polar surface area (TPSA) is 45.9 Å². The SMILES string of the molecule is COc1cccc(-c2cc(C)ncc2C#N)c1. The summed E-state index contributed by atoms with van der Waals surface area (Å²) in [4.78, 5) is 4.12. The van der Waals surface area contributed by atoms with Crippen molar-refractivity contribution in [2.24, 2.45) is 0 Å². The Morgan fingerprint density at radius 3 is 2.82 bits per heavy atom. The largest absolute Gasteiger partial charge is 0.497 e. The fraction of sp³-hybridized carbons (Fsp3) is 0.143. The van der Waals surface area contributed by atoms with Gasteiger partial charge in [-0.1, -0.05) is 12.1 Å². The highest BCUT2D eigenvalue weighted by molar-refractivity contribution is 5.71. The molecular formula is C14H12N2O. The zero-order valence-electron chi connectivity index (χ0n) is 9.77. The van der Waals surface area contributed by atoms with Crippen LogP contribution in [0.1, 0.15) is 11.3 Å². The first-order valence-electron chi connectivity index (χ1n) is 5.26. The standard InChI is InChI=1S/C14H12N2O/c1-10-6-14(12(8-15)9-16-10)11-4-3-5-13(7-11)17-2/h3-7,9H,1-2H3. The Morgan fingerprint density at radius 2 is 2.12 bits per heavy atom. The van der Waals surface area contributed by atoms with Crippen molar-refractivity contribution in [3.8, 4) is 22.9 Å². The molecule has 0 aliphatic heterocycles. The second-order valence-corrected chi connectivity index (χ2v) is 3.72. The zero-order valence-corrected chi connectivity index (χ0v) is 9.77. The third-order valence-corrected chi connectivity index (χ3v) is 2.54. The van der Waals surface area contributed by atoms with E-state index < -0.39 is 0 Å². The van der Waals surface area contributed by atoms with E-state index in [1.54, 1.807) is 13.3 Å². The van der Waals surface area contributed by atoms with E-state index in [4.69, 9.17) is 10.00 Å². The number of aromatic nitrogens is 1. The molecule has 0 atom stereocenters. The molecule has 17 heavy (non-hydrogen) atoms. The van der Waals surface area contributed by atoms with Crippen LogP contribution >= 0.6 is 0 Å². The summed E-state index contributed by atoms with van der Waals surface area (Å²) in [5.41, 5.74) is 3.32. The molecule has 3 nitrogen and oxygen atoms in total. The van der Waals surface area contributed by atoms with Gasteiger partial charge in [-0.3, -0.25) is 4.98 Å². The second kappa shape index (κ2) is 4.67. The number of nitrogens with zero attached hydrogens (tertiary/aromatic N) is 2. The minimum absolute atomic E-state index is 0.573. The molecule has 2 aromatic rings. The van der Waals surface area contributed by atoms with Gasteiger partial charge in [-0.2, -0.15) is 5.26 Å². The lowest BCUT2D eigenvalue weighted by Gasteiger charge is -2.07. The first-order chi connectivity index (χ1) is 8.24. The fourth-order valence-electron chi connectivity index (χ4n) is 1.68. The summed E-state index contributed by atoms with van der Waals surface area (Å²) in [6.45, 7) is 1.91. The molecule has 3 heteroatoms. The van der Waals surface area contributed by atoms with Crippen LogP contribution in [0.5, 0.6) is 5.75 Å². The summed E-state index contributed by atoms with van der Waals surface area (Å²) < 4.78 is 5.18. The monoisotopic (exact) mass is 224 g/mol. The maximum atomic E-state index is 9.08. The first-order valence-corrected chi connectivity index (χ1v) is 5.26. The van der Waals surface area contributed by atoms with Gasteiger partial charge in [0.1, 0.15) is 11.8 Å². The lowest BCUT2D eigenvalue weighted by Crippen LogP contribution is -1.90. The van der Waals surface area contributed by atoms with Crippen LogP contribution in [0.15, 0.2) is 36.5 Å². The molecule has 1 aromatic heterocycles. The second-order valence-electron chi connectivity index (χ2n) is 3.72. The Labute approximate surface area is 100 Å². The molecule has 0 radical (unpaired) electrons. The molecule has 2 rings (SSSR count). The lowest BCUT2D eigenvalue weighted by molar-refractivity contribution is 0.415. The van der Waals surface area contributed by atoms with Crippen LogP contribution in [0.4, 0.5) is 0 Å². The molecule has 0 N–H and O–H groups in total. The highest BCUT2D eigenvalue weighted by Crippen LogP contribution is 2.26. The van der Waals surface area contributed by atoms with Crippen LogP contribution in [0, 0.1) is 18.3 Å². The first kappa shape index (κ1) is 11.2. The average Bonchev–Trinajstić information content (AvgIpc) is 2.39. The van der Waals surface area contributed by atoms with Crippen molar-refractivity contribution >= 4 is 0 Å². The van der Waals surface area contributed by atoms with Gasteiger partial charge in [0.05, 0.1) is 12.7 Å². The van der Waals surface area contributed by atoms with Crippen molar-refractivity contribution < 1.29 is 4.74 Å². The van der Waals surface area contributed by atoms with Crippen LogP contribution in [-0.4, -0.2) is 12.1 Å². The quantitative estimate of drug-likeness (QED) is 0.787. The molecule has 0 fully saturated rings. The van der Waals surface area contributed by atoms with Crippen molar-refractivity contribution in [3.63, 3.8) is 0 Å². The Bertz CT molecular complexity index is 585. The molecule has 0 saturated heterocycles. The van der Waals surface area contributed by atoms with E-state index in [2.05, 4.69) is 11.1 Å². The smallest absolute Gasteiger partial charge is 0.119 e. The summed E-state index contributed by atoms with van der Waals surface area (Å²) in [5.74, 6) is 0.779. The van der Waals surface area contributed by atoms with E-state index in [-0.39, 0.29) is 0 Å². The van der Waals surface area contributed by atoms with Crippen molar-refractivity contribution in [2.45, 2.75) is 6.92 Å². The van der Waals surface area contributed by atoms with Crippen LogP contribution in [0.25, 0.3) is 11.1 Å². The minimum Gasteiger partial charge on any atom is -0.497 e. The van der Waals surface area contributed by atoms with Gasteiger partial charge in [-0.05, 0) is 30.7 Å². The molecule has 0 unspecified atom stereocenters. The van der Waals surface area contributed by atoms with Gasteiger partial charge < -0.3 is 4.74 Å². The molecule has 0 spiro atoms. The van der Waals surface area contributed by atoms with Gasteiger partial charge in [0, 0.05) is 17.5 Å². The molecule has 0 aliphatic carbocycles. The fourth-order valence-corrected chi connectivity index (χ4v) is 1.68. The predicted octanol–water partition coefficient (Wildman–Crippen LogP) is 2.94. The van der Waals surface area contributed by atoms with Gasteiger partial charge in [0.15, 0.2) is 0 Å². The van der Waals surface area contributed by atoms with Crippen LogP contribution in [-0.2, 0) is 0 Å². The van der Waals surface area contributed by atoms with E-state index in [1.807, 2.05) is 37.3 Å². The molecule has 1 heterocycles. The summed E-state index contributed by atoms with van der Waals surface area (Å²) in [5, 5.41) is 9.08. The molecule has 1 aromatic carbocycles. The highest BCUT2D eigenvalue weighted by atomic mass is 16.5. The molecule has 0 bridgehead atoms. The number of methoxy groups -OCH3 is 1. The van der Waals surface area contributed by atoms with E-state index in [0.29, 0.717) is 5.56 Å². The van der Waals surface area contributed by atoms with Gasteiger partial charge in [-0.25, -0.2) is 0 Å². The molecule has 0 saturated carbocycles. The third-order valence-electron chi connectivity index (χ3n) is 2.54. The third kappa shape index (κ3) is 2.26. The zero-order chi connectivity index (χ0) is 12.3. The molecule has 0 amide bonds.